The van der Waals surface area contributed by atoms with Crippen molar-refractivity contribution in [2.24, 2.45) is 0 Å². The first kappa shape index (κ1) is 24.5. The number of amides is 2. The number of benzene rings is 3. The summed E-state index contributed by atoms with van der Waals surface area (Å²) >= 11 is 6.21. The molecule has 0 aromatic heterocycles. The van der Waals surface area contributed by atoms with Gasteiger partial charge < -0.3 is 10.2 Å². The van der Waals surface area contributed by atoms with Gasteiger partial charge >= 0.3 is 0 Å². The van der Waals surface area contributed by atoms with E-state index in [1.165, 1.54) is 0 Å². The summed E-state index contributed by atoms with van der Waals surface area (Å²) in [5.74, 6) is -0.277. The normalized spacial score (nSPS) is 12.1. The second-order valence-electron chi connectivity index (χ2n) is 9.26. The third-order valence-electron chi connectivity index (χ3n) is 5.21. The monoisotopic (exact) mass is 462 g/mol. The van der Waals surface area contributed by atoms with Gasteiger partial charge in [0.05, 0.1) is 6.42 Å². The minimum Gasteiger partial charge on any atom is -0.350 e. The van der Waals surface area contributed by atoms with Crippen molar-refractivity contribution in [3.05, 3.63) is 107 Å². The van der Waals surface area contributed by atoms with Crippen LogP contribution in [0.15, 0.2) is 84.9 Å². The van der Waals surface area contributed by atoms with Gasteiger partial charge in [-0.1, -0.05) is 84.4 Å². The number of carbonyl (C=O) groups excluding carboxylic acids is 2. The Morgan fingerprint density at radius 2 is 1.42 bits per heavy atom. The molecule has 3 aromatic rings. The zero-order valence-corrected chi connectivity index (χ0v) is 20.2. The Morgan fingerprint density at radius 3 is 2.00 bits per heavy atom. The molecule has 0 unspecified atom stereocenters. The molecule has 3 rings (SSSR count). The SMILES string of the molecule is CC(C)(C)NC(=O)[C@H](Cc1ccccc1)N(Cc1cccc(Cl)c1)C(=O)Cc1ccccc1. The lowest BCUT2D eigenvalue weighted by atomic mass is 10.00. The summed E-state index contributed by atoms with van der Waals surface area (Å²) < 4.78 is 0. The number of nitrogens with one attached hydrogen (secondary N) is 1. The predicted molar refractivity (Wildman–Crippen MR) is 134 cm³/mol. The Hall–Kier alpha value is -3.11. The molecular weight excluding hydrogens is 432 g/mol. The summed E-state index contributed by atoms with van der Waals surface area (Å²) in [5, 5.41) is 3.68. The molecule has 0 aliphatic heterocycles. The molecule has 0 heterocycles. The number of nitrogens with zero attached hydrogens (tertiary/aromatic N) is 1. The van der Waals surface area contributed by atoms with Gasteiger partial charge in [0.15, 0.2) is 0 Å². The van der Waals surface area contributed by atoms with Gasteiger partial charge in [-0.15, -0.1) is 0 Å². The van der Waals surface area contributed by atoms with E-state index in [0.717, 1.165) is 16.7 Å². The number of hydrogen-bond acceptors (Lipinski definition) is 2. The van der Waals surface area contributed by atoms with E-state index in [9.17, 15) is 9.59 Å². The van der Waals surface area contributed by atoms with Crippen LogP contribution < -0.4 is 5.32 Å². The number of rotatable bonds is 8. The van der Waals surface area contributed by atoms with E-state index in [1.807, 2.05) is 99.6 Å². The van der Waals surface area contributed by atoms with Crippen molar-refractivity contribution in [3.8, 4) is 0 Å². The first-order valence-corrected chi connectivity index (χ1v) is 11.5. The molecule has 0 aliphatic carbocycles. The predicted octanol–water partition coefficient (Wildman–Crippen LogP) is 5.44. The fraction of sp³-hybridized carbons (Fsp3) is 0.286. The van der Waals surface area contributed by atoms with E-state index >= 15 is 0 Å². The second kappa shape index (κ2) is 11.2. The van der Waals surface area contributed by atoms with Crippen LogP contribution in [0, 0.1) is 0 Å². The third-order valence-corrected chi connectivity index (χ3v) is 5.44. The van der Waals surface area contributed by atoms with Crippen LogP contribution in [0.5, 0.6) is 0 Å². The molecule has 5 heteroatoms. The Labute approximate surface area is 201 Å². The Kier molecular flexibility index (Phi) is 8.29. The minimum atomic E-state index is -0.665. The Morgan fingerprint density at radius 1 is 0.848 bits per heavy atom. The summed E-state index contributed by atoms with van der Waals surface area (Å²) in [6, 6.07) is 26.2. The Balaban J connectivity index is 1.98. The van der Waals surface area contributed by atoms with E-state index in [-0.39, 0.29) is 18.2 Å². The van der Waals surface area contributed by atoms with Crippen LogP contribution >= 0.6 is 11.6 Å². The highest BCUT2D eigenvalue weighted by Gasteiger charge is 2.32. The summed E-state index contributed by atoms with van der Waals surface area (Å²) in [6.45, 7) is 6.12. The fourth-order valence-electron chi connectivity index (χ4n) is 3.71. The Bertz CT molecular complexity index is 1060. The van der Waals surface area contributed by atoms with Crippen molar-refractivity contribution in [3.63, 3.8) is 0 Å². The van der Waals surface area contributed by atoms with Crippen LogP contribution in [0.2, 0.25) is 5.02 Å². The largest absolute Gasteiger partial charge is 0.350 e. The molecule has 3 aromatic carbocycles. The lowest BCUT2D eigenvalue weighted by Crippen LogP contribution is -2.54. The van der Waals surface area contributed by atoms with Crippen LogP contribution in [0.4, 0.5) is 0 Å². The lowest BCUT2D eigenvalue weighted by molar-refractivity contribution is -0.141. The summed E-state index contributed by atoms with van der Waals surface area (Å²) in [4.78, 5) is 28.8. The minimum absolute atomic E-state index is 0.105. The van der Waals surface area contributed by atoms with E-state index in [0.29, 0.717) is 18.0 Å². The van der Waals surface area contributed by atoms with Crippen molar-refractivity contribution in [2.75, 3.05) is 0 Å². The van der Waals surface area contributed by atoms with Crippen molar-refractivity contribution < 1.29 is 9.59 Å². The summed E-state index contributed by atoms with van der Waals surface area (Å²) in [5.41, 5.74) is 2.37. The van der Waals surface area contributed by atoms with Gasteiger partial charge in [0.1, 0.15) is 6.04 Å². The molecule has 0 spiro atoms. The molecule has 1 atom stereocenters. The van der Waals surface area contributed by atoms with E-state index in [4.69, 9.17) is 11.6 Å². The number of halogens is 1. The van der Waals surface area contributed by atoms with Gasteiger partial charge in [-0.25, -0.2) is 0 Å². The third kappa shape index (κ3) is 7.76. The van der Waals surface area contributed by atoms with Crippen LogP contribution in [0.25, 0.3) is 0 Å². The second-order valence-corrected chi connectivity index (χ2v) is 9.70. The summed E-state index contributed by atoms with van der Waals surface area (Å²) in [7, 11) is 0. The lowest BCUT2D eigenvalue weighted by Gasteiger charge is -2.34. The maximum atomic E-state index is 13.6. The molecule has 0 fully saturated rings. The van der Waals surface area contributed by atoms with Gasteiger partial charge in [-0.2, -0.15) is 0 Å². The number of carbonyl (C=O) groups is 2. The zero-order valence-electron chi connectivity index (χ0n) is 19.4. The van der Waals surface area contributed by atoms with E-state index in [2.05, 4.69) is 5.32 Å². The smallest absolute Gasteiger partial charge is 0.243 e. The molecule has 0 aliphatic rings. The molecule has 2 amide bonds. The molecule has 0 radical (unpaired) electrons. The highest BCUT2D eigenvalue weighted by Crippen LogP contribution is 2.19. The quantitative estimate of drug-likeness (QED) is 0.484. The molecule has 172 valence electrons. The first-order chi connectivity index (χ1) is 15.7. The van der Waals surface area contributed by atoms with E-state index < -0.39 is 11.6 Å². The van der Waals surface area contributed by atoms with Crippen LogP contribution in [0.3, 0.4) is 0 Å². The fourth-order valence-corrected chi connectivity index (χ4v) is 3.92. The van der Waals surface area contributed by atoms with E-state index in [1.54, 1.807) is 11.0 Å². The molecule has 33 heavy (non-hydrogen) atoms. The van der Waals surface area contributed by atoms with Crippen LogP contribution in [-0.4, -0.2) is 28.3 Å². The van der Waals surface area contributed by atoms with Crippen LogP contribution in [0.1, 0.15) is 37.5 Å². The van der Waals surface area contributed by atoms with Gasteiger partial charge in [0, 0.05) is 23.5 Å². The molecular formula is C28H31ClN2O2. The molecule has 1 N–H and O–H groups in total. The maximum Gasteiger partial charge on any atom is 0.243 e. The van der Waals surface area contributed by atoms with Gasteiger partial charge in [-0.3, -0.25) is 9.59 Å². The zero-order chi connectivity index (χ0) is 23.8. The van der Waals surface area contributed by atoms with Crippen molar-refractivity contribution in [2.45, 2.75) is 51.7 Å². The van der Waals surface area contributed by atoms with Gasteiger partial charge in [-0.05, 0) is 49.6 Å². The van der Waals surface area contributed by atoms with Gasteiger partial charge in [0.25, 0.3) is 0 Å². The first-order valence-electron chi connectivity index (χ1n) is 11.1. The average Bonchev–Trinajstić information content (AvgIpc) is 2.76. The maximum absolute atomic E-state index is 13.6. The molecule has 0 bridgehead atoms. The molecule has 4 nitrogen and oxygen atoms in total. The topological polar surface area (TPSA) is 49.4 Å². The number of hydrogen-bond donors (Lipinski definition) is 1. The molecule has 0 saturated carbocycles. The molecule has 0 saturated heterocycles. The highest BCUT2D eigenvalue weighted by atomic mass is 35.5. The average molecular weight is 463 g/mol. The summed E-state index contributed by atoms with van der Waals surface area (Å²) in [6.07, 6.45) is 0.638. The van der Waals surface area contributed by atoms with Gasteiger partial charge in [0.2, 0.25) is 11.8 Å². The van der Waals surface area contributed by atoms with Crippen molar-refractivity contribution in [1.82, 2.24) is 10.2 Å². The highest BCUT2D eigenvalue weighted by molar-refractivity contribution is 6.30. The van der Waals surface area contributed by atoms with Crippen molar-refractivity contribution >= 4 is 23.4 Å². The van der Waals surface area contributed by atoms with Crippen molar-refractivity contribution in [1.29, 1.82) is 0 Å². The standard InChI is InChI=1S/C28H31ClN2O2/c1-28(2,3)30-27(33)25(18-21-11-6-4-7-12-21)31(20-23-15-10-16-24(29)17-23)26(32)19-22-13-8-5-9-14-22/h4-17,25H,18-20H2,1-3H3,(H,30,33)/t25-/m0/s1. The van der Waals surface area contributed by atoms with Crippen LogP contribution in [-0.2, 0) is 29.0 Å².